The van der Waals surface area contributed by atoms with Crippen molar-refractivity contribution in [3.63, 3.8) is 0 Å². The Hall–Kier alpha value is -2.32. The van der Waals surface area contributed by atoms with E-state index in [1.165, 1.54) is 7.11 Å². The van der Waals surface area contributed by atoms with Crippen LogP contribution in [0.5, 0.6) is 5.75 Å². The van der Waals surface area contributed by atoms with Crippen LogP contribution in [0.4, 0.5) is 11.4 Å². The van der Waals surface area contributed by atoms with Crippen molar-refractivity contribution in [1.82, 2.24) is 4.90 Å². The van der Waals surface area contributed by atoms with E-state index in [2.05, 4.69) is 5.32 Å². The Morgan fingerprint density at radius 3 is 2.55 bits per heavy atom. The smallest absolute Gasteiger partial charge is 0.250 e. The highest BCUT2D eigenvalue weighted by Crippen LogP contribution is 2.61. The lowest BCUT2D eigenvalue weighted by Gasteiger charge is -2.36. The third kappa shape index (κ3) is 2.59. The van der Waals surface area contributed by atoms with Crippen molar-refractivity contribution in [3.05, 3.63) is 51.0 Å². The van der Waals surface area contributed by atoms with Crippen LogP contribution in [-0.4, -0.2) is 42.3 Å². The summed E-state index contributed by atoms with van der Waals surface area (Å²) in [5.74, 6) is -2.28. The van der Waals surface area contributed by atoms with E-state index < -0.39 is 23.3 Å². The maximum atomic E-state index is 14.0. The molecule has 1 spiro atoms. The summed E-state index contributed by atoms with van der Waals surface area (Å²) in [5, 5.41) is 3.87. The molecule has 0 radical (unpaired) electrons. The predicted octanol–water partition coefficient (Wildman–Crippen LogP) is 4.09. The molecule has 2 aromatic rings. The molecule has 170 valence electrons. The van der Waals surface area contributed by atoms with Gasteiger partial charge in [-0.25, -0.2) is 4.90 Å². The molecule has 3 saturated heterocycles. The Morgan fingerprint density at radius 1 is 1.03 bits per heavy atom. The first-order chi connectivity index (χ1) is 15.8. The number of nitrogens with one attached hydrogen (secondary N) is 1. The fourth-order valence-corrected chi connectivity index (χ4v) is 7.04. The van der Waals surface area contributed by atoms with E-state index >= 15 is 0 Å². The molecule has 0 aromatic heterocycles. The number of anilines is 2. The summed E-state index contributed by atoms with van der Waals surface area (Å²) in [7, 11) is 1.48. The second-order valence-electron chi connectivity index (χ2n) is 8.80. The molecule has 0 aliphatic carbocycles. The third-order valence-corrected chi connectivity index (χ3v) is 8.10. The van der Waals surface area contributed by atoms with E-state index in [0.717, 1.165) is 11.3 Å². The van der Waals surface area contributed by atoms with Gasteiger partial charge in [0.15, 0.2) is 0 Å². The van der Waals surface area contributed by atoms with Gasteiger partial charge in [0.2, 0.25) is 11.8 Å². The maximum Gasteiger partial charge on any atom is 0.250 e. The molecule has 33 heavy (non-hydrogen) atoms. The van der Waals surface area contributed by atoms with E-state index in [1.807, 2.05) is 4.90 Å². The summed E-state index contributed by atoms with van der Waals surface area (Å²) in [4.78, 5) is 44.6. The molecule has 7 nitrogen and oxygen atoms in total. The first-order valence-corrected chi connectivity index (χ1v) is 11.7. The fraction of sp³-hybridized carbons (Fsp3) is 0.348. The lowest BCUT2D eigenvalue weighted by molar-refractivity contribution is -0.135. The van der Waals surface area contributed by atoms with Gasteiger partial charge in [0, 0.05) is 27.7 Å². The Kier molecular flexibility index (Phi) is 4.56. The first-order valence-electron chi connectivity index (χ1n) is 10.6. The maximum absolute atomic E-state index is 14.0. The van der Waals surface area contributed by atoms with E-state index in [0.29, 0.717) is 50.7 Å². The van der Waals surface area contributed by atoms with Crippen LogP contribution in [0.25, 0.3) is 0 Å². The highest BCUT2D eigenvalue weighted by atomic mass is 35.5. The number of carbonyl (C=O) groups excluding carboxylic acids is 3. The van der Waals surface area contributed by atoms with Crippen LogP contribution >= 0.6 is 34.8 Å². The van der Waals surface area contributed by atoms with Crippen molar-refractivity contribution in [2.24, 2.45) is 11.8 Å². The number of ether oxygens (including phenoxy) is 1. The number of benzene rings is 2. The number of hydrogen-bond donors (Lipinski definition) is 1. The van der Waals surface area contributed by atoms with Gasteiger partial charge in [-0.05, 0) is 43.7 Å². The van der Waals surface area contributed by atoms with Crippen molar-refractivity contribution < 1.29 is 19.1 Å². The number of carbonyl (C=O) groups is 3. The molecule has 4 unspecified atom stereocenters. The average molecular weight is 507 g/mol. The van der Waals surface area contributed by atoms with Gasteiger partial charge in [-0.3, -0.25) is 19.3 Å². The average Bonchev–Trinajstić information content (AvgIpc) is 3.46. The van der Waals surface area contributed by atoms with Crippen molar-refractivity contribution in [1.29, 1.82) is 0 Å². The molecule has 6 rings (SSSR count). The molecular formula is C23H18Cl3N3O4. The van der Waals surface area contributed by atoms with Crippen molar-refractivity contribution in [2.45, 2.75) is 24.4 Å². The number of rotatable bonds is 2. The molecular weight excluding hydrogens is 489 g/mol. The van der Waals surface area contributed by atoms with Gasteiger partial charge in [-0.15, -0.1) is 0 Å². The molecule has 4 atom stereocenters. The van der Waals surface area contributed by atoms with Crippen LogP contribution in [0.15, 0.2) is 30.3 Å². The quantitative estimate of drug-likeness (QED) is 0.621. The standard InChI is InChI=1S/C23H18Cl3N3O4/c1-33-13-6-10(24)5-12(9-13)29-20(30)17-16-3-2-4-28(16)23(18(17)21(29)31)14-7-11(25)8-15(26)19(14)27-22(23)32/h5-9,16-18H,2-4H2,1H3,(H,27,32). The number of halogens is 3. The number of hydrogen-bond acceptors (Lipinski definition) is 5. The van der Waals surface area contributed by atoms with Crippen molar-refractivity contribution >= 4 is 63.9 Å². The van der Waals surface area contributed by atoms with E-state index in [4.69, 9.17) is 39.5 Å². The molecule has 4 heterocycles. The molecule has 3 amide bonds. The summed E-state index contributed by atoms with van der Waals surface area (Å²) in [5.41, 5.74) is -0.0254. The van der Waals surface area contributed by atoms with Crippen LogP contribution in [-0.2, 0) is 19.9 Å². The summed E-state index contributed by atoms with van der Waals surface area (Å²) >= 11 is 19.0. The lowest BCUT2D eigenvalue weighted by Crippen LogP contribution is -2.54. The van der Waals surface area contributed by atoms with Crippen molar-refractivity contribution in [3.8, 4) is 5.75 Å². The highest BCUT2D eigenvalue weighted by molar-refractivity contribution is 6.38. The normalized spacial score (nSPS) is 30.1. The summed E-state index contributed by atoms with van der Waals surface area (Å²) < 4.78 is 5.28. The zero-order chi connectivity index (χ0) is 23.2. The van der Waals surface area contributed by atoms with Gasteiger partial charge in [0.1, 0.15) is 11.3 Å². The number of nitrogens with zero attached hydrogens (tertiary/aromatic N) is 2. The largest absolute Gasteiger partial charge is 0.497 e. The summed E-state index contributed by atoms with van der Waals surface area (Å²) in [6.07, 6.45) is 1.53. The van der Waals surface area contributed by atoms with Crippen molar-refractivity contribution in [2.75, 3.05) is 23.9 Å². The number of imide groups is 1. The van der Waals surface area contributed by atoms with E-state index in [1.54, 1.807) is 30.3 Å². The third-order valence-electron chi connectivity index (χ3n) is 7.37. The monoisotopic (exact) mass is 505 g/mol. The lowest BCUT2D eigenvalue weighted by atomic mass is 9.75. The Balaban J connectivity index is 1.56. The van der Waals surface area contributed by atoms with Crippen LogP contribution in [0.2, 0.25) is 15.1 Å². The molecule has 1 N–H and O–H groups in total. The van der Waals surface area contributed by atoms with Gasteiger partial charge >= 0.3 is 0 Å². The summed E-state index contributed by atoms with van der Waals surface area (Å²) in [6, 6.07) is 7.74. The molecule has 4 aliphatic rings. The topological polar surface area (TPSA) is 79.0 Å². The highest BCUT2D eigenvalue weighted by Gasteiger charge is 2.74. The Labute approximate surface area is 204 Å². The van der Waals surface area contributed by atoms with Gasteiger partial charge in [-0.2, -0.15) is 0 Å². The van der Waals surface area contributed by atoms with Crippen LogP contribution in [0.1, 0.15) is 18.4 Å². The van der Waals surface area contributed by atoms with Crippen LogP contribution < -0.4 is 15.0 Å². The van der Waals surface area contributed by atoms with Crippen LogP contribution in [0.3, 0.4) is 0 Å². The molecule has 2 aromatic carbocycles. The number of fused-ring (bicyclic) bond motifs is 7. The number of amides is 3. The van der Waals surface area contributed by atoms with Gasteiger partial charge in [0.25, 0.3) is 5.91 Å². The minimum Gasteiger partial charge on any atom is -0.497 e. The predicted molar refractivity (Wildman–Crippen MR) is 124 cm³/mol. The van der Waals surface area contributed by atoms with Gasteiger partial charge in [-0.1, -0.05) is 34.8 Å². The zero-order valence-electron chi connectivity index (χ0n) is 17.4. The fourth-order valence-electron chi connectivity index (χ4n) is 6.28. The minimum atomic E-state index is -1.35. The second kappa shape index (κ2) is 7.09. The van der Waals surface area contributed by atoms with E-state index in [-0.39, 0.29) is 17.9 Å². The molecule has 0 saturated carbocycles. The molecule has 4 aliphatic heterocycles. The zero-order valence-corrected chi connectivity index (χ0v) is 19.7. The van der Waals surface area contributed by atoms with E-state index in [9.17, 15) is 14.4 Å². The molecule has 10 heteroatoms. The SMILES string of the molecule is COc1cc(Cl)cc(N2C(=O)C3C4CCCN4C4(C(=O)Nc5c(Cl)cc(Cl)cc54)C3C2=O)c1. The van der Waals surface area contributed by atoms with Gasteiger partial charge < -0.3 is 10.1 Å². The molecule has 0 bridgehead atoms. The van der Waals surface area contributed by atoms with Gasteiger partial charge in [0.05, 0.1) is 35.3 Å². The van der Waals surface area contributed by atoms with Crippen LogP contribution in [0, 0.1) is 11.8 Å². The minimum absolute atomic E-state index is 0.244. The molecule has 3 fully saturated rings. The first kappa shape index (κ1) is 21.2. The number of methoxy groups -OCH3 is 1. The summed E-state index contributed by atoms with van der Waals surface area (Å²) in [6.45, 7) is 0.597. The Morgan fingerprint density at radius 2 is 1.79 bits per heavy atom. The second-order valence-corrected chi connectivity index (χ2v) is 10.1. The Bertz CT molecular complexity index is 1270.